The summed E-state index contributed by atoms with van der Waals surface area (Å²) in [6.07, 6.45) is 0. The van der Waals surface area contributed by atoms with Crippen LogP contribution in [0.15, 0.2) is 46.2 Å². The average Bonchev–Trinajstić information content (AvgIpc) is 2.24. The van der Waals surface area contributed by atoms with E-state index in [9.17, 15) is 16.8 Å². The molecule has 100 valence electrons. The first kappa shape index (κ1) is 20.5. The van der Waals surface area contributed by atoms with Crippen molar-refractivity contribution < 1.29 is 25.9 Å². The molecular formula is C10H10Na2O6S2. The Morgan fingerprint density at radius 3 is 1.80 bits per heavy atom. The van der Waals surface area contributed by atoms with Gasteiger partial charge in [0.1, 0.15) is 9.79 Å². The first-order chi connectivity index (χ1) is 8.21. The Kier molecular flexibility index (Phi) is 7.37. The third kappa shape index (κ3) is 4.26. The van der Waals surface area contributed by atoms with Crippen LogP contribution < -0.4 is 0 Å². The van der Waals surface area contributed by atoms with Gasteiger partial charge in [-0.2, -0.15) is 16.8 Å². The molecule has 0 radical (unpaired) electrons. The van der Waals surface area contributed by atoms with Crippen molar-refractivity contribution >= 4 is 90.1 Å². The predicted octanol–water partition coefficient (Wildman–Crippen LogP) is 0.0362. The summed E-state index contributed by atoms with van der Waals surface area (Å²) in [5.41, 5.74) is 0. The summed E-state index contributed by atoms with van der Waals surface area (Å²) in [5, 5.41) is 0.452. The molecule has 2 aromatic carbocycles. The summed E-state index contributed by atoms with van der Waals surface area (Å²) in [5.74, 6) is 0. The Balaban J connectivity index is 0.00000180. The number of hydrogen-bond donors (Lipinski definition) is 2. The van der Waals surface area contributed by atoms with E-state index in [2.05, 4.69) is 0 Å². The van der Waals surface area contributed by atoms with Crippen molar-refractivity contribution in [3.05, 3.63) is 36.4 Å². The Labute approximate surface area is 160 Å². The second-order valence-electron chi connectivity index (χ2n) is 3.56. The Morgan fingerprint density at radius 2 is 1.30 bits per heavy atom. The molecule has 0 spiro atoms. The molecular weight excluding hydrogens is 326 g/mol. The van der Waals surface area contributed by atoms with E-state index in [0.717, 1.165) is 6.07 Å². The molecule has 2 aromatic rings. The van der Waals surface area contributed by atoms with E-state index < -0.39 is 30.0 Å². The Morgan fingerprint density at radius 1 is 0.750 bits per heavy atom. The molecule has 0 fully saturated rings. The third-order valence-electron chi connectivity index (χ3n) is 2.38. The minimum absolute atomic E-state index is 0. The SMILES string of the molecule is O=S(=O)(O)c1ccc2ccccc2c1S(=O)(=O)O.[NaH].[NaH]. The molecule has 10 heteroatoms. The fourth-order valence-corrected chi connectivity index (χ4v) is 3.69. The monoisotopic (exact) mass is 336 g/mol. The molecule has 2 rings (SSSR count). The number of hydrogen-bond acceptors (Lipinski definition) is 4. The van der Waals surface area contributed by atoms with Crippen molar-refractivity contribution in [3.8, 4) is 0 Å². The van der Waals surface area contributed by atoms with E-state index >= 15 is 0 Å². The molecule has 6 nitrogen and oxygen atoms in total. The first-order valence-corrected chi connectivity index (χ1v) is 7.56. The molecule has 0 saturated heterocycles. The van der Waals surface area contributed by atoms with E-state index in [-0.39, 0.29) is 64.5 Å². The quantitative estimate of drug-likeness (QED) is 0.592. The molecule has 0 aliphatic carbocycles. The first-order valence-electron chi connectivity index (χ1n) is 4.68. The standard InChI is InChI=1S/C10H8O6S2.2Na.2H/c11-17(12,13)9-6-5-7-3-1-2-4-8(7)10(9)18(14,15)16;;;;/h1-6H,(H,11,12,13)(H,14,15,16);;;;. The van der Waals surface area contributed by atoms with Crippen molar-refractivity contribution in [2.75, 3.05) is 0 Å². The van der Waals surface area contributed by atoms with Crippen LogP contribution in [0.1, 0.15) is 0 Å². The predicted molar refractivity (Wildman–Crippen MR) is 77.9 cm³/mol. The molecule has 20 heavy (non-hydrogen) atoms. The van der Waals surface area contributed by atoms with Gasteiger partial charge >= 0.3 is 59.1 Å². The summed E-state index contributed by atoms with van der Waals surface area (Å²) in [4.78, 5) is -1.66. The molecule has 0 aromatic heterocycles. The van der Waals surface area contributed by atoms with Crippen LogP contribution in [0.3, 0.4) is 0 Å². The number of fused-ring (bicyclic) bond motifs is 1. The zero-order valence-electron chi connectivity index (χ0n) is 8.81. The van der Waals surface area contributed by atoms with E-state index in [1.54, 1.807) is 12.1 Å². The third-order valence-corrected chi connectivity index (χ3v) is 4.36. The zero-order chi connectivity index (χ0) is 13.6. The van der Waals surface area contributed by atoms with E-state index in [0.29, 0.717) is 5.39 Å². The van der Waals surface area contributed by atoms with Crippen molar-refractivity contribution in [1.82, 2.24) is 0 Å². The molecule has 0 aliphatic heterocycles. The van der Waals surface area contributed by atoms with Gasteiger partial charge in [0.2, 0.25) is 0 Å². The molecule has 0 saturated carbocycles. The van der Waals surface area contributed by atoms with Crippen LogP contribution in [-0.2, 0) is 20.2 Å². The maximum atomic E-state index is 11.3. The van der Waals surface area contributed by atoms with Crippen molar-refractivity contribution in [3.63, 3.8) is 0 Å². The Hall–Kier alpha value is 0.520. The van der Waals surface area contributed by atoms with Crippen LogP contribution in [0, 0.1) is 0 Å². The summed E-state index contributed by atoms with van der Waals surface area (Å²) >= 11 is 0. The molecule has 0 heterocycles. The summed E-state index contributed by atoms with van der Waals surface area (Å²) in [6, 6.07) is 8.28. The van der Waals surface area contributed by atoms with Crippen LogP contribution >= 0.6 is 0 Å². The normalized spacial score (nSPS) is 11.5. The molecule has 0 unspecified atom stereocenters. The van der Waals surface area contributed by atoms with E-state index in [1.165, 1.54) is 18.2 Å². The van der Waals surface area contributed by atoms with Crippen molar-refractivity contribution in [2.45, 2.75) is 9.79 Å². The molecule has 0 atom stereocenters. The van der Waals surface area contributed by atoms with E-state index in [4.69, 9.17) is 9.11 Å². The molecule has 0 aliphatic rings. The number of rotatable bonds is 2. The fourth-order valence-electron chi connectivity index (χ4n) is 1.69. The van der Waals surface area contributed by atoms with Gasteiger partial charge in [0.15, 0.2) is 0 Å². The van der Waals surface area contributed by atoms with Gasteiger partial charge < -0.3 is 0 Å². The molecule has 0 amide bonds. The molecule has 0 bridgehead atoms. The van der Waals surface area contributed by atoms with Gasteiger partial charge in [-0.1, -0.05) is 30.3 Å². The number of benzene rings is 2. The van der Waals surface area contributed by atoms with Crippen LogP contribution in [0.4, 0.5) is 0 Å². The van der Waals surface area contributed by atoms with Crippen LogP contribution in [0.25, 0.3) is 10.8 Å². The van der Waals surface area contributed by atoms with Gasteiger partial charge in [-0.25, -0.2) is 0 Å². The topological polar surface area (TPSA) is 109 Å². The molecule has 2 N–H and O–H groups in total. The summed E-state index contributed by atoms with van der Waals surface area (Å²) < 4.78 is 63.0. The summed E-state index contributed by atoms with van der Waals surface area (Å²) in [7, 11) is -9.53. The van der Waals surface area contributed by atoms with Gasteiger partial charge in [-0.3, -0.25) is 9.11 Å². The van der Waals surface area contributed by atoms with Gasteiger partial charge in [0.05, 0.1) is 0 Å². The average molecular weight is 336 g/mol. The second-order valence-corrected chi connectivity index (χ2v) is 6.31. The van der Waals surface area contributed by atoms with Crippen LogP contribution in [0.2, 0.25) is 0 Å². The minimum atomic E-state index is -4.78. The zero-order valence-corrected chi connectivity index (χ0v) is 10.4. The van der Waals surface area contributed by atoms with Crippen LogP contribution in [0.5, 0.6) is 0 Å². The van der Waals surface area contributed by atoms with E-state index in [1.807, 2.05) is 0 Å². The van der Waals surface area contributed by atoms with Gasteiger partial charge in [-0.05, 0) is 11.5 Å². The maximum absolute atomic E-state index is 11.3. The fraction of sp³-hybridized carbons (Fsp3) is 0. The van der Waals surface area contributed by atoms with Crippen molar-refractivity contribution in [1.29, 1.82) is 0 Å². The Bertz CT molecular complexity index is 830. The second kappa shape index (κ2) is 7.19. The van der Waals surface area contributed by atoms with Gasteiger partial charge in [-0.15, -0.1) is 0 Å². The van der Waals surface area contributed by atoms with Gasteiger partial charge in [0.25, 0.3) is 20.2 Å². The van der Waals surface area contributed by atoms with Crippen molar-refractivity contribution in [2.24, 2.45) is 0 Å². The summed E-state index contributed by atoms with van der Waals surface area (Å²) in [6.45, 7) is 0. The van der Waals surface area contributed by atoms with Gasteiger partial charge in [0, 0.05) is 5.39 Å². The van der Waals surface area contributed by atoms with Crippen LogP contribution in [-0.4, -0.2) is 85.1 Å².